The molecule has 3 N–H and O–H groups in total. The number of anilines is 2. The van der Waals surface area contributed by atoms with Gasteiger partial charge in [0.15, 0.2) is 0 Å². The molecular weight excluding hydrogens is 433 g/mol. The Bertz CT molecular complexity index is 991. The molecule has 1 aliphatic heterocycles. The van der Waals surface area contributed by atoms with Crippen LogP contribution in [0.5, 0.6) is 0 Å². The normalized spacial score (nSPS) is 18.3. The Kier molecular flexibility index (Phi) is 8.61. The number of nitrogens with one attached hydrogen (secondary N) is 1. The number of pyridine rings is 1. The summed E-state index contributed by atoms with van der Waals surface area (Å²) in [5, 5.41) is 2.69. The van der Waals surface area contributed by atoms with Crippen molar-refractivity contribution in [1.29, 1.82) is 0 Å². The number of aromatic nitrogens is 1. The number of amides is 2. The topological polar surface area (TPSA) is 91.6 Å². The van der Waals surface area contributed by atoms with Gasteiger partial charge < -0.3 is 16.0 Å². The van der Waals surface area contributed by atoms with Crippen LogP contribution in [0.15, 0.2) is 36.5 Å². The van der Waals surface area contributed by atoms with Crippen LogP contribution in [0.1, 0.15) is 63.6 Å². The number of benzene rings is 1. The molecule has 2 heterocycles. The highest BCUT2D eigenvalue weighted by Gasteiger charge is 2.35. The third-order valence-electron chi connectivity index (χ3n) is 6.02. The molecule has 1 atom stereocenters. The molecule has 4 rings (SSSR count). The van der Waals surface area contributed by atoms with E-state index in [0.29, 0.717) is 43.0 Å². The summed E-state index contributed by atoms with van der Waals surface area (Å²) in [5.41, 5.74) is 8.15. The zero-order chi connectivity index (χ0) is 24.8. The molecule has 2 aromatic rings. The summed E-state index contributed by atoms with van der Waals surface area (Å²) in [6.07, 6.45) is 3.59. The molecule has 0 spiro atoms. The number of carbonyl (C=O) groups excluding carboxylic acids is 2. The second kappa shape index (κ2) is 11.4. The average molecular weight is 470 g/mol. The van der Waals surface area contributed by atoms with Crippen LogP contribution < -0.4 is 11.1 Å². The van der Waals surface area contributed by atoms with E-state index in [0.717, 1.165) is 30.5 Å². The molecular formula is C26H36FN5O2. The van der Waals surface area contributed by atoms with Gasteiger partial charge in [0, 0.05) is 26.2 Å². The Morgan fingerprint density at radius 2 is 1.85 bits per heavy atom. The van der Waals surface area contributed by atoms with Gasteiger partial charge in [-0.05, 0) is 54.0 Å². The lowest BCUT2D eigenvalue weighted by Gasteiger charge is -2.42. The molecule has 1 aromatic carbocycles. The summed E-state index contributed by atoms with van der Waals surface area (Å²) in [6.45, 7) is 10.9. The van der Waals surface area contributed by atoms with Crippen LogP contribution in [0, 0.1) is 11.7 Å². The number of rotatable bonds is 5. The Hall–Kier alpha value is -3.00. The number of nitrogens with zero attached hydrogens (tertiary/aromatic N) is 3. The molecule has 7 nitrogen and oxygen atoms in total. The average Bonchev–Trinajstić information content (AvgIpc) is 3.66. The number of hydrogen-bond acceptors (Lipinski definition) is 5. The highest BCUT2D eigenvalue weighted by Crippen LogP contribution is 2.42. The van der Waals surface area contributed by atoms with Gasteiger partial charge in [0.1, 0.15) is 11.6 Å². The molecule has 184 valence electrons. The second-order valence-electron chi connectivity index (χ2n) is 9.15. The summed E-state index contributed by atoms with van der Waals surface area (Å²) < 4.78 is 13.5. The van der Waals surface area contributed by atoms with E-state index in [1.165, 1.54) is 18.3 Å². The van der Waals surface area contributed by atoms with Crippen molar-refractivity contribution >= 4 is 23.3 Å². The largest absolute Gasteiger partial charge is 0.383 e. The molecule has 2 fully saturated rings. The van der Waals surface area contributed by atoms with E-state index in [1.54, 1.807) is 17.0 Å². The maximum Gasteiger partial charge on any atom is 0.313 e. The van der Waals surface area contributed by atoms with Gasteiger partial charge in [-0.3, -0.25) is 14.5 Å². The maximum atomic E-state index is 13.5. The molecule has 1 unspecified atom stereocenters. The molecule has 8 heteroatoms. The van der Waals surface area contributed by atoms with Crippen molar-refractivity contribution in [2.24, 2.45) is 5.92 Å². The number of carbonyl (C=O) groups is 2. The molecule has 1 saturated carbocycles. The quantitative estimate of drug-likeness (QED) is 0.641. The zero-order valence-electron chi connectivity index (χ0n) is 20.6. The van der Waals surface area contributed by atoms with Crippen LogP contribution in [-0.4, -0.2) is 52.8 Å². The van der Waals surface area contributed by atoms with E-state index in [1.807, 2.05) is 19.9 Å². The predicted octanol–water partition coefficient (Wildman–Crippen LogP) is 4.19. The number of halogens is 1. The summed E-state index contributed by atoms with van der Waals surface area (Å²) >= 11 is 0. The monoisotopic (exact) mass is 469 g/mol. The SMILES string of the molecule is CC.CC(C)CN1CCN(C(=O)C(=O)Nc2cnc(N)c(C3CC3)c2)C(c2ccc(F)cc2)C1. The number of nitrogens with two attached hydrogens (primary N) is 1. The lowest BCUT2D eigenvalue weighted by atomic mass is 10.0. The fraction of sp³-hybridized carbons (Fsp3) is 0.500. The number of piperazine rings is 1. The minimum absolute atomic E-state index is 0.326. The van der Waals surface area contributed by atoms with Crippen LogP contribution >= 0.6 is 0 Å². The van der Waals surface area contributed by atoms with Gasteiger partial charge in [-0.2, -0.15) is 0 Å². The van der Waals surface area contributed by atoms with E-state index in [2.05, 4.69) is 29.0 Å². The number of hydrogen-bond donors (Lipinski definition) is 2. The Morgan fingerprint density at radius 1 is 1.18 bits per heavy atom. The Labute approximate surface area is 201 Å². The van der Waals surface area contributed by atoms with E-state index in [-0.39, 0.29) is 11.9 Å². The van der Waals surface area contributed by atoms with E-state index in [9.17, 15) is 14.0 Å². The zero-order valence-corrected chi connectivity index (χ0v) is 20.6. The fourth-order valence-electron chi connectivity index (χ4n) is 4.33. The Balaban J connectivity index is 0.00000158. The van der Waals surface area contributed by atoms with Crippen LogP contribution in [0.4, 0.5) is 15.9 Å². The van der Waals surface area contributed by atoms with Crippen molar-refractivity contribution in [2.75, 3.05) is 37.2 Å². The number of nitrogen functional groups attached to an aromatic ring is 1. The summed E-state index contributed by atoms with van der Waals surface area (Å²) in [5.74, 6) is -0.313. The first kappa shape index (κ1) is 25.6. The highest BCUT2D eigenvalue weighted by atomic mass is 19.1. The minimum atomic E-state index is -0.706. The Morgan fingerprint density at radius 3 is 2.47 bits per heavy atom. The maximum absolute atomic E-state index is 13.5. The van der Waals surface area contributed by atoms with Gasteiger partial charge in [0.25, 0.3) is 0 Å². The van der Waals surface area contributed by atoms with Crippen molar-refractivity contribution in [2.45, 2.75) is 52.5 Å². The van der Waals surface area contributed by atoms with Crippen molar-refractivity contribution in [3.05, 3.63) is 53.5 Å². The summed E-state index contributed by atoms with van der Waals surface area (Å²) in [6, 6.07) is 7.63. The molecule has 1 saturated heterocycles. The van der Waals surface area contributed by atoms with Crippen molar-refractivity contribution < 1.29 is 14.0 Å². The van der Waals surface area contributed by atoms with Crippen LogP contribution in [0.2, 0.25) is 0 Å². The predicted molar refractivity (Wildman–Crippen MR) is 133 cm³/mol. The standard InChI is InChI=1S/C24H30FN5O2.C2H6/c1-15(2)13-29-9-10-30(21(14-29)17-5-7-18(25)8-6-17)24(32)23(31)28-19-11-20(16-3-4-16)22(26)27-12-19;1-2/h5-8,11-12,15-16,21H,3-4,9-10,13-14H2,1-2H3,(H2,26,27)(H,28,31);1-2H3. The van der Waals surface area contributed by atoms with Crippen molar-refractivity contribution in [3.63, 3.8) is 0 Å². The molecule has 34 heavy (non-hydrogen) atoms. The molecule has 1 aliphatic carbocycles. The van der Waals surface area contributed by atoms with E-state index < -0.39 is 11.8 Å². The van der Waals surface area contributed by atoms with Crippen LogP contribution in [0.3, 0.4) is 0 Å². The molecule has 1 aromatic heterocycles. The minimum Gasteiger partial charge on any atom is -0.383 e. The van der Waals surface area contributed by atoms with E-state index >= 15 is 0 Å². The lowest BCUT2D eigenvalue weighted by molar-refractivity contribution is -0.146. The lowest BCUT2D eigenvalue weighted by Crippen LogP contribution is -2.53. The molecule has 0 radical (unpaired) electrons. The smallest absolute Gasteiger partial charge is 0.313 e. The molecule has 2 aliphatic rings. The van der Waals surface area contributed by atoms with Gasteiger partial charge >= 0.3 is 11.8 Å². The van der Waals surface area contributed by atoms with Gasteiger partial charge in [-0.15, -0.1) is 0 Å². The fourth-order valence-corrected chi connectivity index (χ4v) is 4.33. The van der Waals surface area contributed by atoms with Crippen LogP contribution in [0.25, 0.3) is 0 Å². The van der Waals surface area contributed by atoms with E-state index in [4.69, 9.17) is 5.73 Å². The first-order chi connectivity index (χ1) is 16.3. The second-order valence-corrected chi connectivity index (χ2v) is 9.15. The van der Waals surface area contributed by atoms with Crippen molar-refractivity contribution in [3.8, 4) is 0 Å². The van der Waals surface area contributed by atoms with Gasteiger partial charge in [0.05, 0.1) is 17.9 Å². The van der Waals surface area contributed by atoms with Gasteiger partial charge in [-0.25, -0.2) is 9.37 Å². The molecule has 2 amide bonds. The third-order valence-corrected chi connectivity index (χ3v) is 6.02. The summed E-state index contributed by atoms with van der Waals surface area (Å²) in [7, 11) is 0. The van der Waals surface area contributed by atoms with Gasteiger partial charge in [0.2, 0.25) is 0 Å². The van der Waals surface area contributed by atoms with Crippen molar-refractivity contribution in [1.82, 2.24) is 14.8 Å². The van der Waals surface area contributed by atoms with Gasteiger partial charge in [-0.1, -0.05) is 39.8 Å². The third kappa shape index (κ3) is 6.32. The molecule has 0 bridgehead atoms. The first-order valence-corrected chi connectivity index (χ1v) is 12.2. The highest BCUT2D eigenvalue weighted by molar-refractivity contribution is 6.39. The van der Waals surface area contributed by atoms with Crippen LogP contribution in [-0.2, 0) is 9.59 Å². The summed E-state index contributed by atoms with van der Waals surface area (Å²) in [4.78, 5) is 34.0. The first-order valence-electron chi connectivity index (χ1n) is 12.2.